The summed E-state index contributed by atoms with van der Waals surface area (Å²) in [5.41, 5.74) is 0. The first-order valence-corrected chi connectivity index (χ1v) is 50.3. The largest absolute Gasteiger partial charge is 0.472 e. The summed E-state index contributed by atoms with van der Waals surface area (Å²) in [6.07, 6.45) is 30.4. The Labute approximate surface area is 724 Å². The van der Waals surface area contributed by atoms with Crippen molar-refractivity contribution in [3.63, 3.8) is 0 Å². The first kappa shape index (κ1) is 111. The zero-order valence-electron chi connectivity index (χ0n) is 75.6. The van der Waals surface area contributed by atoms with E-state index in [-0.39, 0.29) is 25.7 Å². The lowest BCUT2D eigenvalue weighted by Crippen LogP contribution is -2.70. The van der Waals surface area contributed by atoms with Crippen molar-refractivity contribution in [1.29, 1.82) is 0 Å². The van der Waals surface area contributed by atoms with E-state index in [0.29, 0.717) is 38.0 Å². The lowest BCUT2D eigenvalue weighted by molar-refractivity contribution is -0.360. The third-order valence-corrected chi connectivity index (χ3v) is 25.2. The highest BCUT2D eigenvalue weighted by Crippen LogP contribution is 2.49. The molecule has 19 atom stereocenters. The quantitative estimate of drug-likeness (QED) is 0.00889. The maximum atomic E-state index is 14.9. The van der Waals surface area contributed by atoms with Crippen LogP contribution in [0.3, 0.4) is 0 Å². The first-order valence-electron chi connectivity index (χ1n) is 48.8. The fourth-order valence-electron chi connectivity index (χ4n) is 16.3. The van der Waals surface area contributed by atoms with E-state index in [1.54, 1.807) is 0 Å². The SMILES string of the molecule is CCCCCC/C=C\CCCCCCCCCC(=O)OCC1OC(OC2C(OC(=O)CCCCCCCCC(C)CCCCCCCC)C(O)C(O)C(OC3OC(CO)C(O)C(O)C3O)C2OP(=O)(O)OCC(COC(=O)CCCCCCCCCCCCCCCCC)OC(=O)CCCCCCCCCCCCCCCCC)C(O)C(O)C1O. The zero-order valence-corrected chi connectivity index (χ0v) is 76.4. The van der Waals surface area contributed by atoms with Crippen LogP contribution >= 0.6 is 7.82 Å². The van der Waals surface area contributed by atoms with Gasteiger partial charge in [0.15, 0.2) is 24.8 Å². The Kier molecular flexibility index (Phi) is 67.0. The summed E-state index contributed by atoms with van der Waals surface area (Å²) in [6, 6.07) is 0. The predicted octanol–water partition coefficient (Wildman–Crippen LogP) is 18.6. The molecular formula is C94H175O25P. The Bertz CT molecular complexity index is 2550. The number of unbranched alkanes of at least 4 members (excludes halogenated alkanes) is 49. The topological polar surface area (TPSA) is 380 Å². The van der Waals surface area contributed by atoms with Crippen molar-refractivity contribution in [3.05, 3.63) is 12.2 Å². The maximum absolute atomic E-state index is 14.9. The Morgan fingerprint density at radius 2 is 0.675 bits per heavy atom. The summed E-state index contributed by atoms with van der Waals surface area (Å²) in [5, 5.41) is 103. The second-order valence-corrected chi connectivity index (χ2v) is 36.6. The van der Waals surface area contributed by atoms with Crippen LogP contribution in [-0.2, 0) is 70.7 Å². The third-order valence-electron chi connectivity index (χ3n) is 24.2. The number of carbonyl (C=O) groups excluding carboxylic acids is 4. The van der Waals surface area contributed by atoms with Gasteiger partial charge in [0.2, 0.25) is 0 Å². The van der Waals surface area contributed by atoms with Gasteiger partial charge in [0.25, 0.3) is 0 Å². The number of aliphatic hydroxyl groups is 9. The molecule has 2 heterocycles. The molecule has 0 aromatic heterocycles. The number of aliphatic hydroxyl groups excluding tert-OH is 9. The van der Waals surface area contributed by atoms with E-state index >= 15 is 0 Å². The molecule has 120 heavy (non-hydrogen) atoms. The lowest BCUT2D eigenvalue weighted by atomic mass is 9.84. The minimum atomic E-state index is -5.81. The van der Waals surface area contributed by atoms with E-state index in [2.05, 4.69) is 46.8 Å². The smallest absolute Gasteiger partial charge is 0.463 e. The zero-order chi connectivity index (χ0) is 87.6. The molecule has 0 aromatic carbocycles. The summed E-state index contributed by atoms with van der Waals surface area (Å²) in [4.78, 5) is 66.6. The van der Waals surface area contributed by atoms with E-state index in [1.807, 2.05) is 0 Å². The second kappa shape index (κ2) is 72.2. The molecule has 2 aliphatic heterocycles. The minimum absolute atomic E-state index is 0.0106. The van der Waals surface area contributed by atoms with Crippen molar-refractivity contribution in [2.24, 2.45) is 5.92 Å². The number of allylic oxidation sites excluding steroid dienone is 2. The molecule has 1 aliphatic carbocycles. The highest BCUT2D eigenvalue weighted by Gasteiger charge is 2.60. The van der Waals surface area contributed by atoms with Crippen LogP contribution in [0.15, 0.2) is 12.2 Å². The summed E-state index contributed by atoms with van der Waals surface area (Å²) >= 11 is 0. The molecule has 3 fully saturated rings. The average molecular weight is 1740 g/mol. The van der Waals surface area contributed by atoms with Crippen molar-refractivity contribution in [3.8, 4) is 0 Å². The average Bonchev–Trinajstić information content (AvgIpc) is 0.753. The van der Waals surface area contributed by atoms with Gasteiger partial charge in [-0.25, -0.2) is 4.57 Å². The van der Waals surface area contributed by atoms with Gasteiger partial charge in [-0.15, -0.1) is 0 Å². The van der Waals surface area contributed by atoms with Crippen LogP contribution < -0.4 is 0 Å². The first-order chi connectivity index (χ1) is 58.1. The number of hydrogen-bond acceptors (Lipinski definition) is 24. The van der Waals surface area contributed by atoms with Crippen molar-refractivity contribution < 1.29 is 122 Å². The van der Waals surface area contributed by atoms with Gasteiger partial charge in [-0.1, -0.05) is 361 Å². The Morgan fingerprint density at radius 1 is 0.350 bits per heavy atom. The summed E-state index contributed by atoms with van der Waals surface area (Å²) in [5.74, 6) is -2.32. The number of esters is 4. The Morgan fingerprint density at radius 3 is 1.08 bits per heavy atom. The molecule has 10 N–H and O–H groups in total. The molecule has 0 bridgehead atoms. The molecular weight excluding hydrogens is 1560 g/mol. The minimum Gasteiger partial charge on any atom is -0.463 e. The maximum Gasteiger partial charge on any atom is 0.472 e. The summed E-state index contributed by atoms with van der Waals surface area (Å²) in [7, 11) is -5.81. The molecule has 0 radical (unpaired) electrons. The van der Waals surface area contributed by atoms with Crippen molar-refractivity contribution in [1.82, 2.24) is 0 Å². The molecule has 2 saturated heterocycles. The van der Waals surface area contributed by atoms with Gasteiger partial charge < -0.3 is 88.7 Å². The van der Waals surface area contributed by atoms with Gasteiger partial charge in [-0.2, -0.15) is 0 Å². The summed E-state index contributed by atoms with van der Waals surface area (Å²) in [6.45, 7) is 7.92. The fraction of sp³-hybridized carbons (Fsp3) is 0.936. The number of hydrogen-bond donors (Lipinski definition) is 10. The standard InChI is InChI=1S/C94H175O25P/c1-6-10-14-18-22-25-28-31-34-37-40-43-46-53-59-65-77(96)110-70-74(113-79(98)67-61-55-48-45-42-39-36-33-30-27-24-20-16-12-8-3)71-112-120(108,109)119-92-90(117-93-87(106)83(102)81(100)75(69-95)114-93)86(105)85(104)89(116-80(99)68-62-56-50-49-52-58-64-73(5)63-57-51-21-17-13-9-4)91(92)118-94-88(107)84(103)82(101)76(115-94)72-111-78(97)66-60-54-47-44-41-38-35-32-29-26-23-19-15-11-7-2/h26,29,73-76,81-95,100-107H,6-25,27-28,30-72H2,1-5H3,(H,108,109)/b29-26-. The van der Waals surface area contributed by atoms with Crippen molar-refractivity contribution in [2.75, 3.05) is 26.4 Å². The van der Waals surface area contributed by atoms with Crippen LogP contribution in [0, 0.1) is 5.92 Å². The van der Waals surface area contributed by atoms with Gasteiger partial charge in [0, 0.05) is 25.7 Å². The van der Waals surface area contributed by atoms with Crippen LogP contribution in [0.5, 0.6) is 0 Å². The van der Waals surface area contributed by atoms with Crippen molar-refractivity contribution >= 4 is 31.7 Å². The van der Waals surface area contributed by atoms with Crippen LogP contribution in [0.25, 0.3) is 0 Å². The number of ether oxygens (including phenoxy) is 8. The molecule has 3 rings (SSSR count). The van der Waals surface area contributed by atoms with Crippen LogP contribution in [0.2, 0.25) is 0 Å². The van der Waals surface area contributed by atoms with Crippen LogP contribution in [0.4, 0.5) is 0 Å². The van der Waals surface area contributed by atoms with E-state index in [1.165, 1.54) is 186 Å². The highest BCUT2D eigenvalue weighted by atomic mass is 31.2. The number of phosphoric acid groups is 1. The number of rotatable bonds is 79. The number of phosphoric ester groups is 1. The lowest BCUT2D eigenvalue weighted by Gasteiger charge is -2.50. The van der Waals surface area contributed by atoms with E-state index in [4.69, 9.17) is 46.9 Å². The van der Waals surface area contributed by atoms with Crippen LogP contribution in [0.1, 0.15) is 426 Å². The highest BCUT2D eigenvalue weighted by molar-refractivity contribution is 7.47. The molecule has 0 amide bonds. The molecule has 1 saturated carbocycles. The molecule has 19 unspecified atom stereocenters. The second-order valence-electron chi connectivity index (χ2n) is 35.2. The fourth-order valence-corrected chi connectivity index (χ4v) is 17.3. The van der Waals surface area contributed by atoms with Gasteiger partial charge in [0.05, 0.1) is 13.2 Å². The van der Waals surface area contributed by atoms with E-state index in [9.17, 15) is 74.6 Å². The molecule has 3 aliphatic rings. The van der Waals surface area contributed by atoms with E-state index < -0.39 is 162 Å². The third kappa shape index (κ3) is 51.9. The molecule has 0 aromatic rings. The molecule has 25 nitrogen and oxygen atoms in total. The normalized spacial score (nSPS) is 25.0. The summed E-state index contributed by atoms with van der Waals surface area (Å²) < 4.78 is 73.6. The van der Waals surface area contributed by atoms with E-state index in [0.717, 1.165) is 148 Å². The van der Waals surface area contributed by atoms with Crippen molar-refractivity contribution in [2.45, 2.75) is 530 Å². The Hall–Kier alpha value is -2.79. The van der Waals surface area contributed by atoms with Gasteiger partial charge in [-0.05, 0) is 57.3 Å². The van der Waals surface area contributed by atoms with Gasteiger partial charge >= 0.3 is 31.7 Å². The molecule has 26 heteroatoms. The molecule has 706 valence electrons. The van der Waals surface area contributed by atoms with Crippen LogP contribution in [-0.4, -0.2) is 205 Å². The monoisotopic (exact) mass is 1740 g/mol. The molecule has 0 spiro atoms. The Balaban J connectivity index is 1.91. The predicted molar refractivity (Wildman–Crippen MR) is 467 cm³/mol. The number of carbonyl (C=O) groups is 4. The van der Waals surface area contributed by atoms with Gasteiger partial charge in [-0.3, -0.25) is 28.2 Å². The van der Waals surface area contributed by atoms with Gasteiger partial charge in [0.1, 0.15) is 92.6 Å².